The zero-order chi connectivity index (χ0) is 13.5. The van der Waals surface area contributed by atoms with E-state index in [1.165, 1.54) is 0 Å². The molecule has 0 heterocycles. The fourth-order valence-corrected chi connectivity index (χ4v) is 2.03. The molecule has 0 spiro atoms. The maximum atomic E-state index is 12.3. The van der Waals surface area contributed by atoms with Crippen LogP contribution in [0.15, 0.2) is 30.3 Å². The average Bonchev–Trinajstić information content (AvgIpc) is 2.39. The Labute approximate surface area is 122 Å². The lowest BCUT2D eigenvalue weighted by Crippen LogP contribution is -2.41. The molecule has 3 N–H and O–H groups in total. The van der Waals surface area contributed by atoms with E-state index in [1.54, 1.807) is 0 Å². The van der Waals surface area contributed by atoms with Crippen molar-refractivity contribution < 1.29 is 4.79 Å². The van der Waals surface area contributed by atoms with Crippen molar-refractivity contribution in [2.24, 2.45) is 11.7 Å². The molecule has 1 aromatic rings. The molecule has 0 saturated heterocycles. The van der Waals surface area contributed by atoms with Crippen LogP contribution in [0.1, 0.15) is 38.7 Å². The molecule has 1 amide bonds. The van der Waals surface area contributed by atoms with E-state index in [9.17, 15) is 4.79 Å². The van der Waals surface area contributed by atoms with Crippen LogP contribution in [-0.2, 0) is 4.79 Å². The smallest absolute Gasteiger partial charge is 0.228 e. The van der Waals surface area contributed by atoms with Crippen LogP contribution in [0.3, 0.4) is 0 Å². The van der Waals surface area contributed by atoms with Gasteiger partial charge < -0.3 is 11.1 Å². The van der Waals surface area contributed by atoms with Crippen LogP contribution < -0.4 is 11.1 Å². The maximum absolute atomic E-state index is 12.3. The largest absolute Gasteiger partial charge is 0.352 e. The molecule has 0 radical (unpaired) electrons. The maximum Gasteiger partial charge on any atom is 0.228 e. The molecule has 0 aliphatic rings. The number of hydrogen-bond donors (Lipinski definition) is 2. The summed E-state index contributed by atoms with van der Waals surface area (Å²) in [6.07, 6.45) is 0.976. The van der Waals surface area contributed by atoms with E-state index in [2.05, 4.69) is 19.2 Å². The molecule has 0 aromatic heterocycles. The molecule has 19 heavy (non-hydrogen) atoms. The summed E-state index contributed by atoms with van der Waals surface area (Å²) in [4.78, 5) is 12.3. The molecule has 0 bridgehead atoms. The molecule has 3 atom stereocenters. The van der Waals surface area contributed by atoms with Crippen molar-refractivity contribution in [3.05, 3.63) is 35.9 Å². The third kappa shape index (κ3) is 5.21. The molecule has 1 aromatic carbocycles. The van der Waals surface area contributed by atoms with Gasteiger partial charge in [-0.3, -0.25) is 4.79 Å². The van der Waals surface area contributed by atoms with Gasteiger partial charge in [0.1, 0.15) is 0 Å². The average molecular weight is 285 g/mol. The van der Waals surface area contributed by atoms with E-state index in [1.807, 2.05) is 37.3 Å². The summed E-state index contributed by atoms with van der Waals surface area (Å²) in [5.41, 5.74) is 6.63. The molecule has 0 aliphatic carbocycles. The molecule has 2 unspecified atom stereocenters. The summed E-state index contributed by atoms with van der Waals surface area (Å²) in [6, 6.07) is 9.98. The van der Waals surface area contributed by atoms with Crippen LogP contribution in [0.4, 0.5) is 0 Å². The Morgan fingerprint density at radius 3 is 2.32 bits per heavy atom. The zero-order valence-electron chi connectivity index (χ0n) is 11.9. The van der Waals surface area contributed by atoms with Crippen LogP contribution in [0.5, 0.6) is 0 Å². The van der Waals surface area contributed by atoms with E-state index >= 15 is 0 Å². The molecule has 0 fully saturated rings. The van der Waals surface area contributed by atoms with E-state index in [-0.39, 0.29) is 30.3 Å². The molecule has 1 rings (SSSR count). The Hall–Kier alpha value is -1.06. The second-order valence-electron chi connectivity index (χ2n) is 4.92. The number of nitrogens with one attached hydrogen (secondary N) is 1. The summed E-state index contributed by atoms with van der Waals surface area (Å²) >= 11 is 0. The van der Waals surface area contributed by atoms with Gasteiger partial charge in [0.15, 0.2) is 0 Å². The third-order valence-corrected chi connectivity index (χ3v) is 3.40. The molecule has 0 aliphatic heterocycles. The first-order valence-corrected chi connectivity index (χ1v) is 6.65. The van der Waals surface area contributed by atoms with Crippen LogP contribution in [0.25, 0.3) is 0 Å². The first-order chi connectivity index (χ1) is 8.60. The molecule has 0 saturated carbocycles. The van der Waals surface area contributed by atoms with E-state index in [0.29, 0.717) is 12.5 Å². The summed E-state index contributed by atoms with van der Waals surface area (Å²) in [7, 11) is 0. The highest BCUT2D eigenvalue weighted by molar-refractivity contribution is 5.85. The Morgan fingerprint density at radius 1 is 1.26 bits per heavy atom. The monoisotopic (exact) mass is 284 g/mol. The highest BCUT2D eigenvalue weighted by Crippen LogP contribution is 2.27. The Morgan fingerprint density at radius 2 is 1.84 bits per heavy atom. The van der Waals surface area contributed by atoms with E-state index < -0.39 is 0 Å². The molecule has 108 valence electrons. The number of nitrogens with two attached hydrogens (primary N) is 1. The van der Waals surface area contributed by atoms with Crippen molar-refractivity contribution in [1.82, 2.24) is 5.32 Å². The van der Waals surface area contributed by atoms with Gasteiger partial charge in [-0.1, -0.05) is 50.6 Å². The summed E-state index contributed by atoms with van der Waals surface area (Å²) in [5.74, 6) is 0.302. The molecule has 4 heteroatoms. The highest BCUT2D eigenvalue weighted by atomic mass is 35.5. The second kappa shape index (κ2) is 8.94. The van der Waals surface area contributed by atoms with Crippen molar-refractivity contribution in [1.29, 1.82) is 0 Å². The third-order valence-electron chi connectivity index (χ3n) is 3.40. The SMILES string of the molecule is CCC(C)C(C(=O)N[C@@H](C)CN)c1ccccc1.Cl. The van der Waals surface area contributed by atoms with Crippen LogP contribution in [0.2, 0.25) is 0 Å². The van der Waals surface area contributed by atoms with E-state index in [4.69, 9.17) is 5.73 Å². The molecular weight excluding hydrogens is 260 g/mol. The Bertz CT molecular complexity index is 370. The summed E-state index contributed by atoms with van der Waals surface area (Å²) < 4.78 is 0. The summed E-state index contributed by atoms with van der Waals surface area (Å²) in [6.45, 7) is 6.62. The topological polar surface area (TPSA) is 55.1 Å². The summed E-state index contributed by atoms with van der Waals surface area (Å²) in [5, 5.41) is 2.98. The number of carbonyl (C=O) groups is 1. The van der Waals surface area contributed by atoms with Gasteiger partial charge in [0.05, 0.1) is 5.92 Å². The first kappa shape index (κ1) is 17.9. The minimum absolute atomic E-state index is 0. The van der Waals surface area contributed by atoms with Crippen molar-refractivity contribution >= 4 is 18.3 Å². The lowest BCUT2D eigenvalue weighted by atomic mass is 9.84. The van der Waals surface area contributed by atoms with Crippen molar-refractivity contribution in [3.8, 4) is 0 Å². The second-order valence-corrected chi connectivity index (χ2v) is 4.92. The number of halogens is 1. The number of carbonyl (C=O) groups excluding carboxylic acids is 1. The predicted molar refractivity (Wildman–Crippen MR) is 82.5 cm³/mol. The van der Waals surface area contributed by atoms with Crippen molar-refractivity contribution in [2.45, 2.75) is 39.2 Å². The zero-order valence-corrected chi connectivity index (χ0v) is 12.7. The van der Waals surface area contributed by atoms with E-state index in [0.717, 1.165) is 12.0 Å². The quantitative estimate of drug-likeness (QED) is 0.844. The van der Waals surface area contributed by atoms with Gasteiger partial charge in [-0.2, -0.15) is 0 Å². The van der Waals surface area contributed by atoms with Gasteiger partial charge >= 0.3 is 0 Å². The van der Waals surface area contributed by atoms with Crippen LogP contribution in [-0.4, -0.2) is 18.5 Å². The van der Waals surface area contributed by atoms with Gasteiger partial charge in [-0.05, 0) is 18.4 Å². The standard InChI is InChI=1S/C15H24N2O.ClH/c1-4-11(2)14(13-8-6-5-7-9-13)15(18)17-12(3)10-16;/h5-9,11-12,14H,4,10,16H2,1-3H3,(H,17,18);1H/t11?,12-,14?;/m0./s1. The van der Waals surface area contributed by atoms with Gasteiger partial charge in [-0.15, -0.1) is 12.4 Å². The number of rotatable bonds is 6. The lowest BCUT2D eigenvalue weighted by Gasteiger charge is -2.24. The molecular formula is C15H25ClN2O. The fraction of sp³-hybridized carbons (Fsp3) is 0.533. The van der Waals surface area contributed by atoms with Crippen molar-refractivity contribution in [3.63, 3.8) is 0 Å². The van der Waals surface area contributed by atoms with Crippen molar-refractivity contribution in [2.75, 3.05) is 6.54 Å². The van der Waals surface area contributed by atoms with Gasteiger partial charge in [0, 0.05) is 12.6 Å². The number of amides is 1. The van der Waals surface area contributed by atoms with Gasteiger partial charge in [0.25, 0.3) is 0 Å². The Kier molecular flexibility index (Phi) is 8.44. The van der Waals surface area contributed by atoms with Gasteiger partial charge in [-0.25, -0.2) is 0 Å². The number of hydrogen-bond acceptors (Lipinski definition) is 2. The lowest BCUT2D eigenvalue weighted by molar-refractivity contribution is -0.124. The number of benzene rings is 1. The predicted octanol–water partition coefficient (Wildman–Crippen LogP) is 2.70. The van der Waals surface area contributed by atoms with Crippen LogP contribution in [0, 0.1) is 5.92 Å². The first-order valence-electron chi connectivity index (χ1n) is 6.65. The fourth-order valence-electron chi connectivity index (χ4n) is 2.03. The van der Waals surface area contributed by atoms with Gasteiger partial charge in [0.2, 0.25) is 5.91 Å². The minimum atomic E-state index is -0.0924. The molecule has 3 nitrogen and oxygen atoms in total. The minimum Gasteiger partial charge on any atom is -0.352 e. The van der Waals surface area contributed by atoms with Crippen LogP contribution >= 0.6 is 12.4 Å². The normalized spacial score (nSPS) is 14.9. The highest BCUT2D eigenvalue weighted by Gasteiger charge is 2.26. The Balaban J connectivity index is 0.00000324.